The van der Waals surface area contributed by atoms with Crippen LogP contribution in [0.2, 0.25) is 0 Å². The standard InChI is InChI=1S/C23H22N4O4S2/c1-15-4-2-5-16(12-15)25-20(29)14-27-18-8-11-33-21(18)22(30)26(23(27)31)9-7-19(28)24-13-17-6-3-10-32-17/h2-6,8,10-12H,7,9,13-14H2,1H3,(H,24,28)(H,25,29). The minimum atomic E-state index is -0.614. The number of rotatable bonds is 8. The predicted molar refractivity (Wildman–Crippen MR) is 131 cm³/mol. The van der Waals surface area contributed by atoms with Crippen molar-refractivity contribution in [2.45, 2.75) is 33.0 Å². The predicted octanol–water partition coefficient (Wildman–Crippen LogP) is 2.94. The summed E-state index contributed by atoms with van der Waals surface area (Å²) >= 11 is 2.74. The second-order valence-electron chi connectivity index (χ2n) is 7.48. The summed E-state index contributed by atoms with van der Waals surface area (Å²) < 4.78 is 2.68. The molecular formula is C23H22N4O4S2. The lowest BCUT2D eigenvalue weighted by molar-refractivity contribution is -0.121. The van der Waals surface area contributed by atoms with E-state index in [1.54, 1.807) is 17.5 Å². The van der Waals surface area contributed by atoms with E-state index >= 15 is 0 Å². The van der Waals surface area contributed by atoms with Crippen molar-refractivity contribution in [2.24, 2.45) is 0 Å². The average Bonchev–Trinajstić information content (AvgIpc) is 3.47. The van der Waals surface area contributed by atoms with Crippen LogP contribution < -0.4 is 21.9 Å². The molecule has 3 aromatic heterocycles. The number of nitrogens with one attached hydrogen (secondary N) is 2. The van der Waals surface area contributed by atoms with Crippen molar-refractivity contribution in [3.63, 3.8) is 0 Å². The van der Waals surface area contributed by atoms with E-state index in [1.807, 2.05) is 42.6 Å². The van der Waals surface area contributed by atoms with Gasteiger partial charge in [0.1, 0.15) is 11.2 Å². The van der Waals surface area contributed by atoms with Crippen molar-refractivity contribution in [3.05, 3.63) is 84.5 Å². The summed E-state index contributed by atoms with van der Waals surface area (Å²) in [4.78, 5) is 51.9. The molecule has 2 N–H and O–H groups in total. The summed E-state index contributed by atoms with van der Waals surface area (Å²) in [5, 5.41) is 9.21. The van der Waals surface area contributed by atoms with Gasteiger partial charge in [-0.1, -0.05) is 18.2 Å². The number of fused-ring (bicyclic) bond motifs is 1. The number of nitrogens with zero attached hydrogens (tertiary/aromatic N) is 2. The van der Waals surface area contributed by atoms with Crippen molar-refractivity contribution >= 4 is 50.4 Å². The van der Waals surface area contributed by atoms with Gasteiger partial charge in [0.25, 0.3) is 5.56 Å². The molecule has 0 saturated heterocycles. The van der Waals surface area contributed by atoms with Gasteiger partial charge in [-0.2, -0.15) is 0 Å². The van der Waals surface area contributed by atoms with Gasteiger partial charge in [-0.15, -0.1) is 22.7 Å². The number of carbonyl (C=O) groups excluding carboxylic acids is 2. The van der Waals surface area contributed by atoms with Crippen LogP contribution in [0.4, 0.5) is 5.69 Å². The monoisotopic (exact) mass is 482 g/mol. The highest BCUT2D eigenvalue weighted by molar-refractivity contribution is 7.17. The van der Waals surface area contributed by atoms with Gasteiger partial charge < -0.3 is 10.6 Å². The molecule has 0 aliphatic rings. The molecule has 8 nitrogen and oxygen atoms in total. The highest BCUT2D eigenvalue weighted by Gasteiger charge is 2.17. The largest absolute Gasteiger partial charge is 0.351 e. The average molecular weight is 483 g/mol. The molecule has 0 bridgehead atoms. The zero-order valence-corrected chi connectivity index (χ0v) is 19.5. The van der Waals surface area contributed by atoms with E-state index in [2.05, 4.69) is 10.6 Å². The Labute approximate surface area is 197 Å². The van der Waals surface area contributed by atoms with Crippen LogP contribution in [-0.2, 0) is 29.2 Å². The SMILES string of the molecule is Cc1cccc(NC(=O)Cn2c(=O)n(CCC(=O)NCc3cccs3)c(=O)c3sccc32)c1. The summed E-state index contributed by atoms with van der Waals surface area (Å²) in [6.45, 7) is 2.01. The third-order valence-electron chi connectivity index (χ3n) is 5.04. The van der Waals surface area contributed by atoms with Crippen LogP contribution in [0.1, 0.15) is 16.9 Å². The van der Waals surface area contributed by atoms with Gasteiger partial charge in [0, 0.05) is 23.5 Å². The summed E-state index contributed by atoms with van der Waals surface area (Å²) in [5.41, 5.74) is 0.969. The van der Waals surface area contributed by atoms with E-state index in [9.17, 15) is 19.2 Å². The number of thiophene rings is 2. The maximum atomic E-state index is 13.1. The van der Waals surface area contributed by atoms with Crippen LogP contribution in [0.25, 0.3) is 10.2 Å². The quantitative estimate of drug-likeness (QED) is 0.403. The summed E-state index contributed by atoms with van der Waals surface area (Å²) in [6.07, 6.45) is -0.0209. The Hall–Kier alpha value is -3.50. The Kier molecular flexibility index (Phi) is 6.85. The molecule has 10 heteroatoms. The second-order valence-corrected chi connectivity index (χ2v) is 9.43. The van der Waals surface area contributed by atoms with Crippen LogP contribution in [0, 0.1) is 6.92 Å². The van der Waals surface area contributed by atoms with Crippen LogP contribution >= 0.6 is 22.7 Å². The van der Waals surface area contributed by atoms with Gasteiger partial charge in [-0.3, -0.25) is 23.5 Å². The third kappa shape index (κ3) is 5.29. The zero-order chi connectivity index (χ0) is 23.4. The van der Waals surface area contributed by atoms with E-state index in [4.69, 9.17) is 0 Å². The molecule has 0 unspecified atom stereocenters. The van der Waals surface area contributed by atoms with E-state index in [0.29, 0.717) is 22.4 Å². The van der Waals surface area contributed by atoms with Gasteiger partial charge in [0.05, 0.1) is 12.1 Å². The van der Waals surface area contributed by atoms with Gasteiger partial charge in [-0.25, -0.2) is 4.79 Å². The van der Waals surface area contributed by atoms with Crippen molar-refractivity contribution in [1.82, 2.24) is 14.5 Å². The maximum Gasteiger partial charge on any atom is 0.332 e. The molecule has 0 fully saturated rings. The van der Waals surface area contributed by atoms with Crippen molar-refractivity contribution in [1.29, 1.82) is 0 Å². The highest BCUT2D eigenvalue weighted by atomic mass is 32.1. The lowest BCUT2D eigenvalue weighted by atomic mass is 10.2. The van der Waals surface area contributed by atoms with E-state index < -0.39 is 11.2 Å². The van der Waals surface area contributed by atoms with Crippen molar-refractivity contribution in [3.8, 4) is 0 Å². The summed E-state index contributed by atoms with van der Waals surface area (Å²) in [6, 6.07) is 12.8. The molecule has 1 aromatic carbocycles. The van der Waals surface area contributed by atoms with Gasteiger partial charge >= 0.3 is 5.69 Å². The third-order valence-corrected chi connectivity index (χ3v) is 6.81. The fourth-order valence-corrected chi connectivity index (χ4v) is 4.94. The highest BCUT2D eigenvalue weighted by Crippen LogP contribution is 2.16. The molecule has 0 radical (unpaired) electrons. The van der Waals surface area contributed by atoms with Crippen LogP contribution in [0.3, 0.4) is 0 Å². The Morgan fingerprint density at radius 1 is 0.970 bits per heavy atom. The molecule has 0 atom stereocenters. The van der Waals surface area contributed by atoms with Crippen molar-refractivity contribution in [2.75, 3.05) is 5.32 Å². The first-order chi connectivity index (χ1) is 15.9. The molecule has 0 spiro atoms. The summed E-state index contributed by atoms with van der Waals surface area (Å²) in [5.74, 6) is -0.640. The fraction of sp³-hybridized carbons (Fsp3) is 0.217. The van der Waals surface area contributed by atoms with Gasteiger partial charge in [0.2, 0.25) is 11.8 Å². The zero-order valence-electron chi connectivity index (χ0n) is 17.9. The van der Waals surface area contributed by atoms with Gasteiger partial charge in [0.15, 0.2) is 0 Å². The van der Waals surface area contributed by atoms with Gasteiger partial charge in [-0.05, 0) is 47.5 Å². The number of aromatic nitrogens is 2. The first kappa shape index (κ1) is 22.7. The topological polar surface area (TPSA) is 102 Å². The lowest BCUT2D eigenvalue weighted by Crippen LogP contribution is -2.42. The minimum absolute atomic E-state index is 0.0209. The Morgan fingerprint density at radius 2 is 1.82 bits per heavy atom. The number of hydrogen-bond donors (Lipinski definition) is 2. The van der Waals surface area contributed by atoms with Crippen LogP contribution in [-0.4, -0.2) is 20.9 Å². The molecular weight excluding hydrogens is 460 g/mol. The smallest absolute Gasteiger partial charge is 0.332 e. The number of benzene rings is 1. The first-order valence-electron chi connectivity index (χ1n) is 10.3. The number of carbonyl (C=O) groups is 2. The minimum Gasteiger partial charge on any atom is -0.351 e. The molecule has 0 aliphatic carbocycles. The van der Waals surface area contributed by atoms with E-state index in [-0.39, 0.29) is 31.3 Å². The fourth-order valence-electron chi connectivity index (χ4n) is 3.45. The number of hydrogen-bond acceptors (Lipinski definition) is 6. The number of anilines is 1. The normalized spacial score (nSPS) is 10.9. The Balaban J connectivity index is 1.53. The maximum absolute atomic E-state index is 13.1. The van der Waals surface area contributed by atoms with E-state index in [1.165, 1.54) is 27.2 Å². The molecule has 4 rings (SSSR count). The summed E-state index contributed by atoms with van der Waals surface area (Å²) in [7, 11) is 0. The van der Waals surface area contributed by atoms with E-state index in [0.717, 1.165) is 15.0 Å². The molecule has 2 amide bonds. The molecule has 170 valence electrons. The second kappa shape index (κ2) is 9.97. The molecule has 33 heavy (non-hydrogen) atoms. The Bertz CT molecular complexity index is 1420. The molecule has 4 aromatic rings. The number of aryl methyl sites for hydroxylation is 1. The Morgan fingerprint density at radius 3 is 2.58 bits per heavy atom. The molecule has 0 aliphatic heterocycles. The first-order valence-corrected chi connectivity index (χ1v) is 12.0. The molecule has 3 heterocycles. The lowest BCUT2D eigenvalue weighted by Gasteiger charge is -2.13. The molecule has 0 saturated carbocycles. The van der Waals surface area contributed by atoms with Crippen LogP contribution in [0.5, 0.6) is 0 Å². The van der Waals surface area contributed by atoms with Crippen molar-refractivity contribution < 1.29 is 9.59 Å². The van der Waals surface area contributed by atoms with Crippen LogP contribution in [0.15, 0.2) is 62.8 Å². The number of amides is 2.